The van der Waals surface area contributed by atoms with Crippen LogP contribution in [0.15, 0.2) is 206 Å². The SMILES string of the molecule is O=C(c1ccccc1)c1cccc(-c2ccc3c(c2)c2cc(-c4cccc(C(=O)c5ccccc5)c4)ccc2n3-c2cccc(-c3nccc4ccccc34)c2)c1. The van der Waals surface area contributed by atoms with E-state index in [1.165, 1.54) is 0 Å². The summed E-state index contributed by atoms with van der Waals surface area (Å²) < 4.78 is 2.32. The van der Waals surface area contributed by atoms with Crippen LogP contribution < -0.4 is 0 Å². The van der Waals surface area contributed by atoms with Gasteiger partial charge in [-0.3, -0.25) is 14.6 Å². The summed E-state index contributed by atoms with van der Waals surface area (Å²) in [6.07, 6.45) is 1.87. The molecule has 0 saturated carbocycles. The molecule has 0 aliphatic heterocycles. The number of pyridine rings is 1. The smallest absolute Gasteiger partial charge is 0.193 e. The van der Waals surface area contributed by atoms with Gasteiger partial charge in [0.25, 0.3) is 0 Å². The Morgan fingerprint density at radius 2 is 0.860 bits per heavy atom. The molecule has 0 bridgehead atoms. The number of hydrogen-bond donors (Lipinski definition) is 0. The molecule has 10 aromatic rings. The highest BCUT2D eigenvalue weighted by Crippen LogP contribution is 2.39. The van der Waals surface area contributed by atoms with E-state index in [-0.39, 0.29) is 11.6 Å². The zero-order valence-corrected chi connectivity index (χ0v) is 30.8. The van der Waals surface area contributed by atoms with Crippen LogP contribution in [-0.2, 0) is 0 Å². The van der Waals surface area contributed by atoms with Gasteiger partial charge in [-0.15, -0.1) is 0 Å². The maximum Gasteiger partial charge on any atom is 0.193 e. The Bertz CT molecular complexity index is 3000. The van der Waals surface area contributed by atoms with Crippen LogP contribution in [0, 0.1) is 0 Å². The maximum atomic E-state index is 13.5. The first-order valence-corrected chi connectivity index (χ1v) is 19.0. The van der Waals surface area contributed by atoms with E-state index in [0.717, 1.165) is 71.8 Å². The number of ketones is 2. The first kappa shape index (κ1) is 33.8. The van der Waals surface area contributed by atoms with Gasteiger partial charge in [-0.05, 0) is 82.2 Å². The quantitative estimate of drug-likeness (QED) is 0.146. The molecule has 268 valence electrons. The molecule has 4 nitrogen and oxygen atoms in total. The minimum absolute atomic E-state index is 0.00619. The van der Waals surface area contributed by atoms with Crippen molar-refractivity contribution in [1.29, 1.82) is 0 Å². The van der Waals surface area contributed by atoms with Gasteiger partial charge in [-0.1, -0.05) is 146 Å². The minimum Gasteiger partial charge on any atom is -0.309 e. The second-order valence-electron chi connectivity index (χ2n) is 14.3. The van der Waals surface area contributed by atoms with E-state index in [0.29, 0.717) is 22.3 Å². The maximum absolute atomic E-state index is 13.5. The monoisotopic (exact) mass is 730 g/mol. The topological polar surface area (TPSA) is 52.0 Å². The van der Waals surface area contributed by atoms with Crippen LogP contribution in [0.25, 0.3) is 71.8 Å². The van der Waals surface area contributed by atoms with E-state index in [9.17, 15) is 9.59 Å². The lowest BCUT2D eigenvalue weighted by atomic mass is 9.96. The van der Waals surface area contributed by atoms with E-state index < -0.39 is 0 Å². The fraction of sp³-hybridized carbons (Fsp3) is 0. The molecular weight excluding hydrogens is 697 g/mol. The van der Waals surface area contributed by atoms with Gasteiger partial charge < -0.3 is 4.57 Å². The van der Waals surface area contributed by atoms with Gasteiger partial charge in [-0.2, -0.15) is 0 Å². The van der Waals surface area contributed by atoms with Crippen molar-refractivity contribution in [3.8, 4) is 39.2 Å². The van der Waals surface area contributed by atoms with E-state index in [2.05, 4.69) is 102 Å². The molecule has 0 unspecified atom stereocenters. The average Bonchev–Trinajstić information content (AvgIpc) is 3.62. The Hall–Kier alpha value is -7.69. The number of benzene rings is 8. The zero-order valence-electron chi connectivity index (χ0n) is 30.8. The van der Waals surface area contributed by atoms with Crippen molar-refractivity contribution in [1.82, 2.24) is 9.55 Å². The van der Waals surface area contributed by atoms with Gasteiger partial charge in [0.05, 0.1) is 16.7 Å². The lowest BCUT2D eigenvalue weighted by Gasteiger charge is -2.12. The molecule has 0 aliphatic rings. The van der Waals surface area contributed by atoms with Gasteiger partial charge in [0.1, 0.15) is 0 Å². The summed E-state index contributed by atoms with van der Waals surface area (Å²) in [6, 6.07) is 66.6. The van der Waals surface area contributed by atoms with Crippen LogP contribution >= 0.6 is 0 Å². The third kappa shape index (κ3) is 6.20. The molecule has 10 rings (SSSR count). The Morgan fingerprint density at radius 1 is 0.368 bits per heavy atom. The zero-order chi connectivity index (χ0) is 38.3. The normalized spacial score (nSPS) is 11.3. The molecule has 0 atom stereocenters. The fourth-order valence-electron chi connectivity index (χ4n) is 7.99. The standard InChI is InChI=1S/C53H34N2O2/c56-52(36-13-3-1-4-14-36)43-20-9-17-38(30-43)40-24-26-49-47(33-40)48-34-41(39-18-10-21-44(31-39)53(57)37-15-5-2-6-16-37)25-27-50(48)55(49)45-22-11-19-42(32-45)51-46-23-8-7-12-35(46)28-29-54-51/h1-34H. The number of hydrogen-bond acceptors (Lipinski definition) is 3. The predicted molar refractivity (Wildman–Crippen MR) is 232 cm³/mol. The van der Waals surface area contributed by atoms with E-state index in [1.807, 2.05) is 109 Å². The summed E-state index contributed by atoms with van der Waals surface area (Å²) in [6.45, 7) is 0. The summed E-state index contributed by atoms with van der Waals surface area (Å²) in [5.41, 5.74) is 11.7. The van der Waals surface area contributed by atoms with Crippen LogP contribution in [0.4, 0.5) is 0 Å². The largest absolute Gasteiger partial charge is 0.309 e. The summed E-state index contributed by atoms with van der Waals surface area (Å²) >= 11 is 0. The van der Waals surface area contributed by atoms with Crippen LogP contribution in [0.1, 0.15) is 31.8 Å². The third-order valence-electron chi connectivity index (χ3n) is 10.8. The number of aromatic nitrogens is 2. The van der Waals surface area contributed by atoms with E-state index in [1.54, 1.807) is 0 Å². The molecule has 2 aromatic heterocycles. The fourth-order valence-corrected chi connectivity index (χ4v) is 7.99. The molecule has 0 fully saturated rings. The summed E-state index contributed by atoms with van der Waals surface area (Å²) in [4.78, 5) is 31.8. The Morgan fingerprint density at radius 3 is 1.46 bits per heavy atom. The van der Waals surface area contributed by atoms with Gasteiger partial charge in [0, 0.05) is 55.9 Å². The van der Waals surface area contributed by atoms with Crippen molar-refractivity contribution in [2.45, 2.75) is 0 Å². The molecule has 0 spiro atoms. The molecule has 0 N–H and O–H groups in total. The van der Waals surface area contributed by atoms with Gasteiger partial charge >= 0.3 is 0 Å². The molecule has 0 amide bonds. The van der Waals surface area contributed by atoms with Gasteiger partial charge in [-0.25, -0.2) is 0 Å². The molecule has 8 aromatic carbocycles. The van der Waals surface area contributed by atoms with Crippen molar-refractivity contribution in [2.24, 2.45) is 0 Å². The molecular formula is C53H34N2O2. The number of fused-ring (bicyclic) bond motifs is 4. The third-order valence-corrected chi connectivity index (χ3v) is 10.8. The number of nitrogens with zero attached hydrogens (tertiary/aromatic N) is 2. The van der Waals surface area contributed by atoms with Crippen molar-refractivity contribution in [3.05, 3.63) is 229 Å². The summed E-state index contributed by atoms with van der Waals surface area (Å²) in [5.74, 6) is -0.0124. The second-order valence-corrected chi connectivity index (χ2v) is 14.3. The van der Waals surface area contributed by atoms with Crippen LogP contribution in [-0.4, -0.2) is 21.1 Å². The highest BCUT2D eigenvalue weighted by Gasteiger charge is 2.18. The molecule has 57 heavy (non-hydrogen) atoms. The van der Waals surface area contributed by atoms with Crippen molar-refractivity contribution < 1.29 is 9.59 Å². The Kier molecular flexibility index (Phi) is 8.42. The summed E-state index contributed by atoms with van der Waals surface area (Å²) in [5, 5.41) is 4.41. The van der Waals surface area contributed by atoms with E-state index in [4.69, 9.17) is 4.98 Å². The number of carbonyl (C=O) groups is 2. The molecule has 0 saturated heterocycles. The van der Waals surface area contributed by atoms with Crippen LogP contribution in [0.2, 0.25) is 0 Å². The van der Waals surface area contributed by atoms with Crippen LogP contribution in [0.3, 0.4) is 0 Å². The number of carbonyl (C=O) groups excluding carboxylic acids is 2. The van der Waals surface area contributed by atoms with Gasteiger partial charge in [0.15, 0.2) is 11.6 Å². The Labute approximate surface area is 330 Å². The van der Waals surface area contributed by atoms with Crippen LogP contribution in [0.5, 0.6) is 0 Å². The highest BCUT2D eigenvalue weighted by molar-refractivity contribution is 6.13. The predicted octanol–water partition coefficient (Wildman–Crippen LogP) is 12.8. The number of rotatable bonds is 8. The lowest BCUT2D eigenvalue weighted by molar-refractivity contribution is 0.103. The van der Waals surface area contributed by atoms with Gasteiger partial charge in [0.2, 0.25) is 0 Å². The molecule has 0 aliphatic carbocycles. The molecule has 2 heterocycles. The lowest BCUT2D eigenvalue weighted by Crippen LogP contribution is -2.00. The minimum atomic E-state index is -0.00619. The Balaban J connectivity index is 1.14. The first-order chi connectivity index (χ1) is 28.1. The summed E-state index contributed by atoms with van der Waals surface area (Å²) in [7, 11) is 0. The first-order valence-electron chi connectivity index (χ1n) is 19.0. The highest BCUT2D eigenvalue weighted by atomic mass is 16.1. The second kappa shape index (κ2) is 14.2. The van der Waals surface area contributed by atoms with Crippen molar-refractivity contribution >= 4 is 44.1 Å². The van der Waals surface area contributed by atoms with E-state index >= 15 is 0 Å². The average molecular weight is 731 g/mol. The molecule has 0 radical (unpaired) electrons. The van der Waals surface area contributed by atoms with Crippen molar-refractivity contribution in [3.63, 3.8) is 0 Å². The van der Waals surface area contributed by atoms with Crippen molar-refractivity contribution in [2.75, 3.05) is 0 Å². The molecule has 4 heteroatoms.